The molecule has 1 aromatic rings. The van der Waals surface area contributed by atoms with E-state index in [1.165, 1.54) is 45.6 Å². The summed E-state index contributed by atoms with van der Waals surface area (Å²) in [6.45, 7) is 2.57. The molecule has 1 rings (SSSR count). The van der Waals surface area contributed by atoms with Gasteiger partial charge in [0.2, 0.25) is 0 Å². The number of carbonyl (C=O) groups excluding carboxylic acids is 1. The minimum absolute atomic E-state index is 0.0928. The summed E-state index contributed by atoms with van der Waals surface area (Å²) in [6, 6.07) is 10.1. The number of ether oxygens (including phenoxy) is 1. The summed E-state index contributed by atoms with van der Waals surface area (Å²) in [5, 5.41) is 4.19. The summed E-state index contributed by atoms with van der Waals surface area (Å²) in [7, 11) is 1.45. The highest BCUT2D eigenvalue weighted by atomic mass is 16.6. The molecular formula is C21H33NO3. The van der Waals surface area contributed by atoms with Gasteiger partial charge in [-0.1, -0.05) is 74.0 Å². The number of unbranched alkanes of at least 4 members (excludes halogenated alkanes) is 7. The van der Waals surface area contributed by atoms with Gasteiger partial charge in [-0.15, -0.1) is 0 Å². The smallest absolute Gasteiger partial charge is 0.305 e. The first-order valence-corrected chi connectivity index (χ1v) is 9.48. The van der Waals surface area contributed by atoms with E-state index >= 15 is 0 Å². The Morgan fingerprint density at radius 2 is 1.44 bits per heavy atom. The molecule has 0 aromatic heterocycles. The van der Waals surface area contributed by atoms with Gasteiger partial charge < -0.3 is 9.57 Å². The number of esters is 1. The van der Waals surface area contributed by atoms with E-state index in [4.69, 9.17) is 4.84 Å². The number of rotatable bonds is 14. The van der Waals surface area contributed by atoms with Crippen molar-refractivity contribution in [1.82, 2.24) is 0 Å². The standard InChI is InChI=1S/C21H33NO3/c1-19(22-25-18-20-15-11-9-12-16-20)14-10-7-5-3-4-6-8-13-17-21(23)24-2/h9,11-12,15-16H,3-8,10,13-14,17-18H2,1-2H3/b22-19+. The maximum atomic E-state index is 11.0. The second-order valence-electron chi connectivity index (χ2n) is 6.49. The van der Waals surface area contributed by atoms with Crippen molar-refractivity contribution in [1.29, 1.82) is 0 Å². The van der Waals surface area contributed by atoms with E-state index in [1.807, 2.05) is 37.3 Å². The lowest BCUT2D eigenvalue weighted by molar-refractivity contribution is -0.140. The van der Waals surface area contributed by atoms with Crippen molar-refractivity contribution in [3.8, 4) is 0 Å². The van der Waals surface area contributed by atoms with Gasteiger partial charge in [0.1, 0.15) is 6.61 Å². The van der Waals surface area contributed by atoms with Crippen LogP contribution < -0.4 is 0 Å². The first kappa shape index (κ1) is 21.2. The van der Waals surface area contributed by atoms with E-state index in [0.29, 0.717) is 13.0 Å². The van der Waals surface area contributed by atoms with E-state index in [2.05, 4.69) is 9.89 Å². The molecule has 140 valence electrons. The van der Waals surface area contributed by atoms with Crippen molar-refractivity contribution in [2.75, 3.05) is 7.11 Å². The highest BCUT2D eigenvalue weighted by Gasteiger charge is 1.99. The van der Waals surface area contributed by atoms with E-state index < -0.39 is 0 Å². The number of nitrogens with zero attached hydrogens (tertiary/aromatic N) is 1. The van der Waals surface area contributed by atoms with Gasteiger partial charge in [-0.2, -0.15) is 0 Å². The number of hydrogen-bond donors (Lipinski definition) is 0. The Kier molecular flexibility index (Phi) is 12.3. The van der Waals surface area contributed by atoms with E-state index in [-0.39, 0.29) is 5.97 Å². The van der Waals surface area contributed by atoms with Crippen LogP contribution in [0, 0.1) is 0 Å². The summed E-state index contributed by atoms with van der Waals surface area (Å²) in [5.74, 6) is -0.0928. The highest BCUT2D eigenvalue weighted by Crippen LogP contribution is 2.11. The van der Waals surface area contributed by atoms with Gasteiger partial charge in [-0.25, -0.2) is 0 Å². The zero-order valence-electron chi connectivity index (χ0n) is 15.8. The molecule has 0 saturated carbocycles. The largest absolute Gasteiger partial charge is 0.469 e. The quantitative estimate of drug-likeness (QED) is 0.189. The van der Waals surface area contributed by atoms with Crippen LogP contribution in [0.2, 0.25) is 0 Å². The summed E-state index contributed by atoms with van der Waals surface area (Å²) >= 11 is 0. The Balaban J connectivity index is 1.90. The van der Waals surface area contributed by atoms with Crippen molar-refractivity contribution in [3.05, 3.63) is 35.9 Å². The van der Waals surface area contributed by atoms with Crippen LogP contribution in [0.15, 0.2) is 35.5 Å². The van der Waals surface area contributed by atoms with Gasteiger partial charge in [0, 0.05) is 6.42 Å². The van der Waals surface area contributed by atoms with Crippen LogP contribution >= 0.6 is 0 Å². The molecule has 0 aliphatic carbocycles. The third-order valence-corrected chi connectivity index (χ3v) is 4.19. The second-order valence-corrected chi connectivity index (χ2v) is 6.49. The lowest BCUT2D eigenvalue weighted by Crippen LogP contribution is -1.99. The van der Waals surface area contributed by atoms with Crippen molar-refractivity contribution >= 4 is 11.7 Å². The Morgan fingerprint density at radius 1 is 0.880 bits per heavy atom. The van der Waals surface area contributed by atoms with Crippen LogP contribution in [-0.4, -0.2) is 18.8 Å². The fraction of sp³-hybridized carbons (Fsp3) is 0.619. The first-order chi connectivity index (χ1) is 12.2. The van der Waals surface area contributed by atoms with Crippen LogP contribution in [0.5, 0.6) is 0 Å². The zero-order chi connectivity index (χ0) is 18.2. The monoisotopic (exact) mass is 347 g/mol. The van der Waals surface area contributed by atoms with Crippen LogP contribution in [-0.2, 0) is 21.0 Å². The third kappa shape index (κ3) is 12.2. The summed E-state index contributed by atoms with van der Waals surface area (Å²) in [6.07, 6.45) is 11.1. The normalized spacial score (nSPS) is 11.4. The SMILES string of the molecule is COC(=O)CCCCCCCCCC/C(C)=N/OCc1ccccc1. The number of benzene rings is 1. The molecule has 4 nitrogen and oxygen atoms in total. The van der Waals surface area contributed by atoms with Crippen LogP contribution in [0.25, 0.3) is 0 Å². The van der Waals surface area contributed by atoms with Crippen molar-refractivity contribution < 1.29 is 14.4 Å². The molecule has 0 unspecified atom stereocenters. The van der Waals surface area contributed by atoms with Gasteiger partial charge in [0.25, 0.3) is 0 Å². The molecule has 25 heavy (non-hydrogen) atoms. The topological polar surface area (TPSA) is 47.9 Å². The van der Waals surface area contributed by atoms with E-state index in [1.54, 1.807) is 0 Å². The van der Waals surface area contributed by atoms with Crippen molar-refractivity contribution in [3.63, 3.8) is 0 Å². The Morgan fingerprint density at radius 3 is 2.04 bits per heavy atom. The van der Waals surface area contributed by atoms with E-state index in [9.17, 15) is 4.79 Å². The van der Waals surface area contributed by atoms with Crippen LogP contribution in [0.3, 0.4) is 0 Å². The van der Waals surface area contributed by atoms with Crippen molar-refractivity contribution in [2.24, 2.45) is 5.16 Å². The summed E-state index contributed by atoms with van der Waals surface area (Å²) in [4.78, 5) is 16.4. The lowest BCUT2D eigenvalue weighted by Gasteiger charge is -2.04. The summed E-state index contributed by atoms with van der Waals surface area (Å²) < 4.78 is 4.63. The molecule has 0 spiro atoms. The van der Waals surface area contributed by atoms with Gasteiger partial charge in [-0.05, 0) is 31.7 Å². The Hall–Kier alpha value is -1.84. The molecule has 1 aromatic carbocycles. The van der Waals surface area contributed by atoms with Gasteiger partial charge in [-0.3, -0.25) is 4.79 Å². The molecule has 0 bridgehead atoms. The second kappa shape index (κ2) is 14.5. The van der Waals surface area contributed by atoms with Gasteiger partial charge in [0.15, 0.2) is 0 Å². The average molecular weight is 347 g/mol. The molecule has 0 saturated heterocycles. The lowest BCUT2D eigenvalue weighted by atomic mass is 10.1. The molecule has 0 amide bonds. The first-order valence-electron chi connectivity index (χ1n) is 9.48. The molecule has 0 N–H and O–H groups in total. The van der Waals surface area contributed by atoms with Crippen molar-refractivity contribution in [2.45, 2.75) is 77.7 Å². The molecule has 0 atom stereocenters. The Labute approximate surface area is 152 Å². The van der Waals surface area contributed by atoms with Crippen LogP contribution in [0.4, 0.5) is 0 Å². The summed E-state index contributed by atoms with van der Waals surface area (Å²) in [5.41, 5.74) is 2.21. The van der Waals surface area contributed by atoms with E-state index in [0.717, 1.165) is 30.5 Å². The third-order valence-electron chi connectivity index (χ3n) is 4.19. The molecule has 0 aliphatic heterocycles. The van der Waals surface area contributed by atoms with Gasteiger partial charge >= 0.3 is 5.97 Å². The molecular weight excluding hydrogens is 314 g/mol. The number of carbonyl (C=O) groups is 1. The maximum absolute atomic E-state index is 11.0. The fourth-order valence-electron chi connectivity index (χ4n) is 2.65. The fourth-order valence-corrected chi connectivity index (χ4v) is 2.65. The predicted molar refractivity (Wildman–Crippen MR) is 103 cm³/mol. The molecule has 0 heterocycles. The van der Waals surface area contributed by atoms with Crippen LogP contribution in [0.1, 0.15) is 76.7 Å². The predicted octanol–water partition coefficient (Wildman–Crippen LogP) is 5.65. The Bertz CT molecular complexity index is 485. The minimum atomic E-state index is -0.0928. The number of oxime groups is 1. The molecule has 4 heteroatoms. The van der Waals surface area contributed by atoms with Gasteiger partial charge in [0.05, 0.1) is 12.8 Å². The number of hydrogen-bond acceptors (Lipinski definition) is 4. The number of methoxy groups -OCH3 is 1. The molecule has 0 fully saturated rings. The average Bonchev–Trinajstić information content (AvgIpc) is 2.63. The molecule has 0 radical (unpaired) electrons. The molecule has 0 aliphatic rings. The minimum Gasteiger partial charge on any atom is -0.469 e. The maximum Gasteiger partial charge on any atom is 0.305 e. The zero-order valence-corrected chi connectivity index (χ0v) is 15.8. The highest BCUT2D eigenvalue weighted by molar-refractivity contribution is 5.81.